The number of aromatic nitrogens is 4. The summed E-state index contributed by atoms with van der Waals surface area (Å²) in [5, 5.41) is 16.9. The standard InChI is InChI=1S/C20H23BrN6/c21-16-5-1-14(2-6-16)13-26-11-9-17(10-12-26)22-18-7-8-19-23-24-20(15-3-4-15)27(19)25-18/h1-2,5-8,15,17H,3-4,9-13H2,(H,22,25). The molecule has 1 saturated carbocycles. The highest BCUT2D eigenvalue weighted by molar-refractivity contribution is 9.10. The molecule has 0 bridgehead atoms. The number of benzene rings is 1. The van der Waals surface area contributed by atoms with Crippen LogP contribution in [0.2, 0.25) is 0 Å². The molecule has 6 nitrogen and oxygen atoms in total. The molecule has 3 heterocycles. The van der Waals surface area contributed by atoms with Crippen LogP contribution in [0.4, 0.5) is 5.82 Å². The molecule has 2 fully saturated rings. The Balaban J connectivity index is 1.19. The zero-order chi connectivity index (χ0) is 18.2. The molecule has 0 unspecified atom stereocenters. The number of hydrogen-bond acceptors (Lipinski definition) is 5. The van der Waals surface area contributed by atoms with Crippen LogP contribution in [0, 0.1) is 0 Å². The highest BCUT2D eigenvalue weighted by Gasteiger charge is 2.29. The Bertz CT molecular complexity index is 925. The Morgan fingerprint density at radius 2 is 1.74 bits per heavy atom. The number of fused-ring (bicyclic) bond motifs is 1. The minimum Gasteiger partial charge on any atom is -0.366 e. The van der Waals surface area contributed by atoms with Crippen molar-refractivity contribution in [2.45, 2.75) is 44.2 Å². The lowest BCUT2D eigenvalue weighted by Gasteiger charge is -2.32. The maximum absolute atomic E-state index is 4.75. The summed E-state index contributed by atoms with van der Waals surface area (Å²) in [6, 6.07) is 13.1. The molecule has 7 heteroatoms. The van der Waals surface area contributed by atoms with E-state index in [-0.39, 0.29) is 0 Å². The van der Waals surface area contributed by atoms with Crippen LogP contribution in [-0.4, -0.2) is 43.8 Å². The third-order valence-corrected chi connectivity index (χ3v) is 6.02. The van der Waals surface area contributed by atoms with Gasteiger partial charge in [-0.2, -0.15) is 4.52 Å². The third kappa shape index (κ3) is 3.84. The van der Waals surface area contributed by atoms with Crippen LogP contribution in [0.25, 0.3) is 5.65 Å². The molecule has 2 aromatic heterocycles. The first kappa shape index (κ1) is 17.1. The maximum Gasteiger partial charge on any atom is 0.178 e. The van der Waals surface area contributed by atoms with E-state index in [1.807, 2.05) is 16.6 Å². The number of rotatable bonds is 5. The first-order valence-corrected chi connectivity index (χ1v) is 10.5. The maximum atomic E-state index is 4.75. The highest BCUT2D eigenvalue weighted by Crippen LogP contribution is 2.38. The van der Waals surface area contributed by atoms with Crippen molar-refractivity contribution in [3.8, 4) is 0 Å². The summed E-state index contributed by atoms with van der Waals surface area (Å²) in [5.41, 5.74) is 2.21. The van der Waals surface area contributed by atoms with Crippen LogP contribution in [0.3, 0.4) is 0 Å². The molecule has 2 aliphatic rings. The normalized spacial score (nSPS) is 18.9. The lowest BCUT2D eigenvalue weighted by molar-refractivity contribution is 0.211. The van der Waals surface area contributed by atoms with E-state index in [0.29, 0.717) is 12.0 Å². The van der Waals surface area contributed by atoms with Crippen LogP contribution in [0.5, 0.6) is 0 Å². The van der Waals surface area contributed by atoms with Gasteiger partial charge in [0.05, 0.1) is 0 Å². The molecule has 1 N–H and O–H groups in total. The van der Waals surface area contributed by atoms with Gasteiger partial charge in [-0.25, -0.2) is 0 Å². The van der Waals surface area contributed by atoms with Crippen molar-refractivity contribution < 1.29 is 0 Å². The van der Waals surface area contributed by atoms with Crippen molar-refractivity contribution in [2.75, 3.05) is 18.4 Å². The Morgan fingerprint density at radius 3 is 2.48 bits per heavy atom. The average molecular weight is 427 g/mol. The number of piperidine rings is 1. The van der Waals surface area contributed by atoms with Crippen molar-refractivity contribution in [2.24, 2.45) is 0 Å². The summed E-state index contributed by atoms with van der Waals surface area (Å²) in [5.74, 6) is 2.48. The molecule has 1 saturated heterocycles. The first-order chi connectivity index (χ1) is 13.2. The quantitative estimate of drug-likeness (QED) is 0.671. The first-order valence-electron chi connectivity index (χ1n) is 9.70. The van der Waals surface area contributed by atoms with Gasteiger partial charge in [0.15, 0.2) is 11.5 Å². The Kier molecular flexibility index (Phi) is 4.57. The van der Waals surface area contributed by atoms with Gasteiger partial charge in [0.1, 0.15) is 5.82 Å². The molecule has 140 valence electrons. The summed E-state index contributed by atoms with van der Waals surface area (Å²) < 4.78 is 3.06. The minimum atomic E-state index is 0.469. The molecule has 3 aromatic rings. The van der Waals surface area contributed by atoms with E-state index in [2.05, 4.69) is 60.6 Å². The summed E-state index contributed by atoms with van der Waals surface area (Å²) in [6.45, 7) is 3.24. The molecule has 0 spiro atoms. The zero-order valence-corrected chi connectivity index (χ0v) is 16.8. The smallest absolute Gasteiger partial charge is 0.178 e. The van der Waals surface area contributed by atoms with Gasteiger partial charge in [-0.3, -0.25) is 4.90 Å². The van der Waals surface area contributed by atoms with Gasteiger partial charge in [-0.1, -0.05) is 28.1 Å². The summed E-state index contributed by atoms with van der Waals surface area (Å²) >= 11 is 3.50. The molecule has 0 radical (unpaired) electrons. The van der Waals surface area contributed by atoms with E-state index in [4.69, 9.17) is 5.10 Å². The largest absolute Gasteiger partial charge is 0.366 e. The minimum absolute atomic E-state index is 0.469. The fourth-order valence-corrected chi connectivity index (χ4v) is 4.04. The predicted molar refractivity (Wildman–Crippen MR) is 109 cm³/mol. The zero-order valence-electron chi connectivity index (χ0n) is 15.2. The second-order valence-corrected chi connectivity index (χ2v) is 8.56. The number of anilines is 1. The predicted octanol–water partition coefficient (Wildman–Crippen LogP) is 3.84. The van der Waals surface area contributed by atoms with E-state index in [1.165, 1.54) is 18.4 Å². The van der Waals surface area contributed by atoms with Crippen LogP contribution in [0.15, 0.2) is 40.9 Å². The van der Waals surface area contributed by atoms with Crippen molar-refractivity contribution in [3.05, 3.63) is 52.3 Å². The summed E-state index contributed by atoms with van der Waals surface area (Å²) in [7, 11) is 0. The van der Waals surface area contributed by atoms with Crippen molar-refractivity contribution in [1.29, 1.82) is 0 Å². The van der Waals surface area contributed by atoms with Gasteiger partial charge in [0.25, 0.3) is 0 Å². The third-order valence-electron chi connectivity index (χ3n) is 5.49. The van der Waals surface area contributed by atoms with Gasteiger partial charge in [-0.15, -0.1) is 15.3 Å². The molecule has 27 heavy (non-hydrogen) atoms. The van der Waals surface area contributed by atoms with Crippen molar-refractivity contribution >= 4 is 27.4 Å². The second-order valence-electron chi connectivity index (χ2n) is 7.64. The molecular formula is C20H23BrN6. The monoisotopic (exact) mass is 426 g/mol. The molecule has 5 rings (SSSR count). The number of nitrogens with one attached hydrogen (secondary N) is 1. The molecule has 1 aliphatic heterocycles. The highest BCUT2D eigenvalue weighted by atomic mass is 79.9. The Hall–Kier alpha value is -1.99. The van der Waals surface area contributed by atoms with Gasteiger partial charge in [0.2, 0.25) is 0 Å². The topological polar surface area (TPSA) is 58.3 Å². The molecular weight excluding hydrogens is 404 g/mol. The van der Waals surface area contributed by atoms with Gasteiger partial charge in [0, 0.05) is 36.1 Å². The summed E-state index contributed by atoms with van der Waals surface area (Å²) in [4.78, 5) is 2.53. The van der Waals surface area contributed by atoms with Crippen LogP contribution >= 0.6 is 15.9 Å². The van der Waals surface area contributed by atoms with E-state index >= 15 is 0 Å². The SMILES string of the molecule is Brc1ccc(CN2CCC(Nc3ccc4nnc(C5CC5)n4n3)CC2)cc1. The molecule has 0 amide bonds. The molecule has 1 aromatic carbocycles. The van der Waals surface area contributed by atoms with Gasteiger partial charge >= 0.3 is 0 Å². The van der Waals surface area contributed by atoms with Gasteiger partial charge in [-0.05, 0) is 55.5 Å². The lowest BCUT2D eigenvalue weighted by atomic mass is 10.0. The average Bonchev–Trinajstić information content (AvgIpc) is 3.45. The number of likely N-dealkylation sites (tertiary alicyclic amines) is 1. The van der Waals surface area contributed by atoms with Crippen LogP contribution in [0.1, 0.15) is 43.0 Å². The van der Waals surface area contributed by atoms with Crippen LogP contribution < -0.4 is 5.32 Å². The van der Waals surface area contributed by atoms with E-state index in [0.717, 1.165) is 54.2 Å². The van der Waals surface area contributed by atoms with Crippen molar-refractivity contribution in [1.82, 2.24) is 24.7 Å². The van der Waals surface area contributed by atoms with Crippen molar-refractivity contribution in [3.63, 3.8) is 0 Å². The Morgan fingerprint density at radius 1 is 0.963 bits per heavy atom. The number of nitrogens with zero attached hydrogens (tertiary/aromatic N) is 5. The Labute approximate surface area is 167 Å². The van der Waals surface area contributed by atoms with Gasteiger partial charge < -0.3 is 5.32 Å². The van der Waals surface area contributed by atoms with E-state index < -0.39 is 0 Å². The van der Waals surface area contributed by atoms with E-state index in [9.17, 15) is 0 Å². The van der Waals surface area contributed by atoms with E-state index in [1.54, 1.807) is 0 Å². The number of halogens is 1. The number of hydrogen-bond donors (Lipinski definition) is 1. The summed E-state index contributed by atoms with van der Waals surface area (Å²) in [6.07, 6.45) is 4.68. The lowest BCUT2D eigenvalue weighted by Crippen LogP contribution is -2.38. The van der Waals surface area contributed by atoms with Crippen LogP contribution in [-0.2, 0) is 6.54 Å². The molecule has 1 aliphatic carbocycles. The second kappa shape index (κ2) is 7.20. The fourth-order valence-electron chi connectivity index (χ4n) is 3.77. The molecule has 0 atom stereocenters. The fraction of sp³-hybridized carbons (Fsp3) is 0.450.